The molecule has 0 aliphatic rings. The molecular formula is C17H16ClN7. The Labute approximate surface area is 150 Å². The van der Waals surface area contributed by atoms with E-state index in [0.717, 1.165) is 22.6 Å². The molecule has 0 atom stereocenters. The molecule has 0 aliphatic heterocycles. The molecule has 0 spiro atoms. The molecule has 0 fully saturated rings. The predicted octanol–water partition coefficient (Wildman–Crippen LogP) is 5.03. The lowest BCUT2D eigenvalue weighted by Gasteiger charge is -2.09. The Hall–Kier alpha value is -3.06. The predicted molar refractivity (Wildman–Crippen MR) is 99.5 cm³/mol. The van der Waals surface area contributed by atoms with Crippen LogP contribution in [0.3, 0.4) is 0 Å². The first-order chi connectivity index (χ1) is 12.1. The van der Waals surface area contributed by atoms with Crippen molar-refractivity contribution in [1.29, 1.82) is 0 Å². The number of nitrogens with zero attached hydrogens (tertiary/aromatic N) is 5. The molecule has 7 nitrogen and oxygen atoms in total. The minimum absolute atomic E-state index is 0.101. The fraction of sp³-hybridized carbons (Fsp3) is 0.118. The highest BCUT2D eigenvalue weighted by Crippen LogP contribution is 2.25. The van der Waals surface area contributed by atoms with Gasteiger partial charge in [0.05, 0.1) is 5.69 Å². The number of hydrogen-bond donors (Lipinski definition) is 2. The highest BCUT2D eigenvalue weighted by atomic mass is 35.5. The largest absolute Gasteiger partial charge is 0.324 e. The molecule has 0 unspecified atom stereocenters. The Kier molecular flexibility index (Phi) is 5.15. The average molecular weight is 354 g/mol. The minimum atomic E-state index is 0.101. The summed E-state index contributed by atoms with van der Waals surface area (Å²) in [6.07, 6.45) is 0. The first kappa shape index (κ1) is 16.8. The van der Waals surface area contributed by atoms with Crippen molar-refractivity contribution in [2.45, 2.75) is 6.92 Å². The summed E-state index contributed by atoms with van der Waals surface area (Å²) >= 11 is 6.01. The van der Waals surface area contributed by atoms with Gasteiger partial charge in [0.25, 0.3) is 0 Å². The van der Waals surface area contributed by atoms with Crippen molar-refractivity contribution in [2.24, 2.45) is 10.2 Å². The van der Waals surface area contributed by atoms with Crippen LogP contribution in [0.25, 0.3) is 0 Å². The van der Waals surface area contributed by atoms with Crippen LogP contribution in [-0.2, 0) is 0 Å². The lowest BCUT2D eigenvalue weighted by molar-refractivity contribution is 1.06. The van der Waals surface area contributed by atoms with Gasteiger partial charge in [-0.15, -0.1) is 0 Å². The van der Waals surface area contributed by atoms with Crippen LogP contribution in [0.15, 0.2) is 58.8 Å². The van der Waals surface area contributed by atoms with E-state index < -0.39 is 0 Å². The quantitative estimate of drug-likeness (QED) is 0.628. The maximum atomic E-state index is 6.01. The molecule has 2 aromatic carbocycles. The fourth-order valence-electron chi connectivity index (χ4n) is 2.19. The van der Waals surface area contributed by atoms with Gasteiger partial charge in [-0.25, -0.2) is 0 Å². The number of para-hydroxylation sites is 1. The van der Waals surface area contributed by atoms with E-state index in [1.165, 1.54) is 0 Å². The molecule has 1 heterocycles. The normalized spacial score (nSPS) is 10.8. The van der Waals surface area contributed by atoms with Crippen LogP contribution >= 0.6 is 11.6 Å². The Bertz CT molecular complexity index is 897. The lowest BCUT2D eigenvalue weighted by Crippen LogP contribution is -2.04. The second-order valence-electron chi connectivity index (χ2n) is 5.17. The monoisotopic (exact) mass is 353 g/mol. The van der Waals surface area contributed by atoms with Gasteiger partial charge in [0.15, 0.2) is 0 Å². The van der Waals surface area contributed by atoms with Crippen LogP contribution in [0.4, 0.5) is 29.0 Å². The summed E-state index contributed by atoms with van der Waals surface area (Å²) in [5.41, 5.74) is 3.48. The molecule has 0 saturated heterocycles. The van der Waals surface area contributed by atoms with E-state index in [4.69, 9.17) is 11.6 Å². The van der Waals surface area contributed by atoms with Gasteiger partial charge < -0.3 is 10.6 Å². The summed E-state index contributed by atoms with van der Waals surface area (Å²) < 4.78 is 0. The van der Waals surface area contributed by atoms with Crippen LogP contribution in [0.5, 0.6) is 0 Å². The molecular weight excluding hydrogens is 338 g/mol. The Morgan fingerprint density at radius 3 is 2.20 bits per heavy atom. The third-order valence-corrected chi connectivity index (χ3v) is 3.47. The number of rotatable bonds is 5. The van der Waals surface area contributed by atoms with Gasteiger partial charge in [0.2, 0.25) is 17.2 Å². The zero-order valence-electron chi connectivity index (χ0n) is 13.7. The first-order valence-electron chi connectivity index (χ1n) is 7.55. The summed E-state index contributed by atoms with van der Waals surface area (Å²) in [6.45, 7) is 1.96. The van der Waals surface area contributed by atoms with Crippen LogP contribution in [0.1, 0.15) is 5.56 Å². The zero-order valence-corrected chi connectivity index (χ0v) is 14.5. The molecule has 0 amide bonds. The fourth-order valence-corrected chi connectivity index (χ4v) is 2.35. The number of hydrogen-bond acceptors (Lipinski definition) is 7. The van der Waals surface area contributed by atoms with Crippen molar-refractivity contribution in [1.82, 2.24) is 15.0 Å². The zero-order chi connectivity index (χ0) is 17.6. The summed E-state index contributed by atoms with van der Waals surface area (Å²) in [5, 5.41) is 14.2. The van der Waals surface area contributed by atoms with Gasteiger partial charge in [-0.2, -0.15) is 25.2 Å². The molecule has 126 valence electrons. The van der Waals surface area contributed by atoms with Crippen molar-refractivity contribution >= 4 is 40.6 Å². The van der Waals surface area contributed by atoms with Crippen molar-refractivity contribution in [3.8, 4) is 0 Å². The van der Waals surface area contributed by atoms with E-state index in [0.29, 0.717) is 11.9 Å². The van der Waals surface area contributed by atoms with Crippen molar-refractivity contribution in [3.63, 3.8) is 0 Å². The number of nitrogens with one attached hydrogen (secondary N) is 2. The van der Waals surface area contributed by atoms with Gasteiger partial charge in [-0.3, -0.25) is 0 Å². The standard InChI is InChI=1S/C17H16ClN7/c1-11-10-13(8-9-14(11)25-19-2)21-17-23-15(18)22-16(24-17)20-12-6-4-3-5-7-12/h3-10H,1-2H3,(H2,20,21,22,23,24). The average Bonchev–Trinajstić information content (AvgIpc) is 2.58. The molecule has 0 bridgehead atoms. The van der Waals surface area contributed by atoms with E-state index in [2.05, 4.69) is 35.8 Å². The van der Waals surface area contributed by atoms with Gasteiger partial charge in [0.1, 0.15) is 0 Å². The molecule has 3 aromatic rings. The van der Waals surface area contributed by atoms with Gasteiger partial charge in [0, 0.05) is 18.4 Å². The van der Waals surface area contributed by atoms with E-state index in [-0.39, 0.29) is 5.28 Å². The summed E-state index contributed by atoms with van der Waals surface area (Å²) in [4.78, 5) is 12.5. The van der Waals surface area contributed by atoms with Crippen LogP contribution in [0.2, 0.25) is 5.28 Å². The Balaban J connectivity index is 1.82. The van der Waals surface area contributed by atoms with Gasteiger partial charge in [-0.1, -0.05) is 18.2 Å². The number of aromatic nitrogens is 3. The highest BCUT2D eigenvalue weighted by Gasteiger charge is 2.07. The number of benzene rings is 2. The van der Waals surface area contributed by atoms with Crippen molar-refractivity contribution in [3.05, 3.63) is 59.4 Å². The molecule has 25 heavy (non-hydrogen) atoms. The SMILES string of the molecule is CN=Nc1ccc(Nc2nc(Cl)nc(Nc3ccccc3)n2)cc1C. The minimum Gasteiger partial charge on any atom is -0.324 e. The van der Waals surface area contributed by atoms with Gasteiger partial charge >= 0.3 is 0 Å². The Morgan fingerprint density at radius 1 is 0.880 bits per heavy atom. The summed E-state index contributed by atoms with van der Waals surface area (Å²) in [5.74, 6) is 0.713. The van der Waals surface area contributed by atoms with Crippen molar-refractivity contribution < 1.29 is 0 Å². The maximum absolute atomic E-state index is 6.01. The first-order valence-corrected chi connectivity index (χ1v) is 7.93. The maximum Gasteiger partial charge on any atom is 0.233 e. The van der Waals surface area contributed by atoms with Crippen molar-refractivity contribution in [2.75, 3.05) is 17.7 Å². The smallest absolute Gasteiger partial charge is 0.233 e. The Morgan fingerprint density at radius 2 is 1.56 bits per heavy atom. The van der Waals surface area contributed by atoms with Crippen LogP contribution in [-0.4, -0.2) is 22.0 Å². The van der Waals surface area contributed by atoms with E-state index in [1.807, 2.05) is 55.5 Å². The highest BCUT2D eigenvalue weighted by molar-refractivity contribution is 6.28. The molecule has 8 heteroatoms. The molecule has 0 radical (unpaired) electrons. The summed E-state index contributed by atoms with van der Waals surface area (Å²) in [7, 11) is 1.64. The van der Waals surface area contributed by atoms with E-state index >= 15 is 0 Å². The molecule has 0 aliphatic carbocycles. The van der Waals surface area contributed by atoms with Crippen LogP contribution in [0, 0.1) is 6.92 Å². The third-order valence-electron chi connectivity index (χ3n) is 3.30. The molecule has 2 N–H and O–H groups in total. The molecule has 3 rings (SSSR count). The number of halogens is 1. The van der Waals surface area contributed by atoms with Crippen LogP contribution < -0.4 is 10.6 Å². The second kappa shape index (κ2) is 7.67. The number of azo groups is 1. The number of aryl methyl sites for hydroxylation is 1. The van der Waals surface area contributed by atoms with E-state index in [1.54, 1.807) is 7.05 Å². The van der Waals surface area contributed by atoms with Gasteiger partial charge in [-0.05, 0) is 54.4 Å². The van der Waals surface area contributed by atoms with E-state index in [9.17, 15) is 0 Å². The topological polar surface area (TPSA) is 87.5 Å². The molecule has 0 saturated carbocycles. The molecule has 1 aromatic heterocycles. The summed E-state index contributed by atoms with van der Waals surface area (Å²) in [6, 6.07) is 15.3. The third kappa shape index (κ3) is 4.48. The lowest BCUT2D eigenvalue weighted by atomic mass is 10.2. The number of anilines is 4. The second-order valence-corrected chi connectivity index (χ2v) is 5.51.